The predicted molar refractivity (Wildman–Crippen MR) is 120 cm³/mol. The number of amides is 1. The third kappa shape index (κ3) is 6.60. The maximum absolute atomic E-state index is 12.5. The molecule has 5 nitrogen and oxygen atoms in total. The number of hydrogen-bond acceptors (Lipinski definition) is 3. The van der Waals surface area contributed by atoms with E-state index in [1.807, 2.05) is 70.2 Å². The van der Waals surface area contributed by atoms with Crippen molar-refractivity contribution in [2.45, 2.75) is 53.0 Å². The fraction of sp³-hybridized carbons (Fsp3) is 0.435. The topological polar surface area (TPSA) is 66.5 Å². The van der Waals surface area contributed by atoms with Gasteiger partial charge in [-0.3, -0.25) is 9.10 Å². The quantitative estimate of drug-likeness (QED) is 0.658. The first-order valence-electron chi connectivity index (χ1n) is 10.0. The molecule has 158 valence electrons. The van der Waals surface area contributed by atoms with Crippen LogP contribution < -0.4 is 9.62 Å². The van der Waals surface area contributed by atoms with Crippen LogP contribution in [0.15, 0.2) is 42.5 Å². The van der Waals surface area contributed by atoms with Crippen molar-refractivity contribution in [3.63, 3.8) is 0 Å². The molecule has 1 N–H and O–H groups in total. The molecular weight excluding hydrogens is 384 g/mol. The molecule has 0 saturated carbocycles. The first-order chi connectivity index (χ1) is 13.6. The first kappa shape index (κ1) is 22.9. The van der Waals surface area contributed by atoms with Crippen LogP contribution in [0.5, 0.6) is 0 Å². The number of nitrogens with zero attached hydrogens (tertiary/aromatic N) is 1. The molecule has 2 rings (SSSR count). The molecule has 0 aliphatic carbocycles. The highest BCUT2D eigenvalue weighted by molar-refractivity contribution is 7.92. The van der Waals surface area contributed by atoms with Gasteiger partial charge in [-0.05, 0) is 68.0 Å². The van der Waals surface area contributed by atoms with E-state index < -0.39 is 10.0 Å². The summed E-state index contributed by atoms with van der Waals surface area (Å²) in [6.07, 6.45) is 2.74. The molecule has 1 amide bonds. The lowest BCUT2D eigenvalue weighted by Gasteiger charge is -2.24. The van der Waals surface area contributed by atoms with Gasteiger partial charge in [0.1, 0.15) is 0 Å². The van der Waals surface area contributed by atoms with Gasteiger partial charge in [-0.1, -0.05) is 37.3 Å². The van der Waals surface area contributed by atoms with Gasteiger partial charge in [0.15, 0.2) is 0 Å². The largest absolute Gasteiger partial charge is 0.349 e. The normalized spacial score (nSPS) is 12.4. The standard InChI is InChI=1S/C23H32N2O3S/c1-6-22(21-11-8-7-10-19(21)4)24-23(26)12-9-13-25(29(5,27)28)20-15-17(2)14-18(3)16-20/h7-8,10-11,14-16,22H,6,9,12-13H2,1-5H3,(H,24,26). The maximum atomic E-state index is 12.5. The molecule has 0 fully saturated rings. The predicted octanol–water partition coefficient (Wildman–Crippen LogP) is 4.43. The van der Waals surface area contributed by atoms with Crippen LogP contribution in [-0.4, -0.2) is 27.1 Å². The van der Waals surface area contributed by atoms with E-state index in [1.54, 1.807) is 0 Å². The van der Waals surface area contributed by atoms with Gasteiger partial charge in [0.05, 0.1) is 18.0 Å². The average Bonchev–Trinajstić information content (AvgIpc) is 2.62. The molecule has 0 spiro atoms. The summed E-state index contributed by atoms with van der Waals surface area (Å²) in [4.78, 5) is 12.5. The summed E-state index contributed by atoms with van der Waals surface area (Å²) in [5.41, 5.74) is 4.94. The fourth-order valence-corrected chi connectivity index (χ4v) is 4.56. The third-order valence-corrected chi connectivity index (χ3v) is 6.16. The molecule has 2 aromatic carbocycles. The van der Waals surface area contributed by atoms with Crippen molar-refractivity contribution in [3.05, 3.63) is 64.7 Å². The van der Waals surface area contributed by atoms with E-state index in [0.29, 0.717) is 12.1 Å². The summed E-state index contributed by atoms with van der Waals surface area (Å²) in [6.45, 7) is 8.25. The molecule has 0 aliphatic rings. The Hall–Kier alpha value is -2.34. The lowest BCUT2D eigenvalue weighted by Crippen LogP contribution is -2.33. The van der Waals surface area contributed by atoms with Crippen molar-refractivity contribution in [1.82, 2.24) is 5.32 Å². The summed E-state index contributed by atoms with van der Waals surface area (Å²) in [5, 5.41) is 3.09. The molecule has 0 heterocycles. The highest BCUT2D eigenvalue weighted by atomic mass is 32.2. The van der Waals surface area contributed by atoms with Crippen LogP contribution in [0.1, 0.15) is 54.5 Å². The molecule has 0 aromatic heterocycles. The number of sulfonamides is 1. The summed E-state index contributed by atoms with van der Waals surface area (Å²) < 4.78 is 26.0. The van der Waals surface area contributed by atoms with E-state index in [9.17, 15) is 13.2 Å². The number of anilines is 1. The summed E-state index contributed by atoms with van der Waals surface area (Å²) in [7, 11) is -3.42. The number of hydrogen-bond donors (Lipinski definition) is 1. The second-order valence-corrected chi connectivity index (χ2v) is 9.58. The van der Waals surface area contributed by atoms with Crippen molar-refractivity contribution in [2.24, 2.45) is 0 Å². The first-order valence-corrected chi connectivity index (χ1v) is 11.9. The van der Waals surface area contributed by atoms with Crippen LogP contribution in [0.25, 0.3) is 0 Å². The molecular formula is C23H32N2O3S. The number of carbonyl (C=O) groups excluding carboxylic acids is 1. The van der Waals surface area contributed by atoms with E-state index in [4.69, 9.17) is 0 Å². The van der Waals surface area contributed by atoms with Gasteiger partial charge in [-0.2, -0.15) is 0 Å². The Morgan fingerprint density at radius 2 is 1.69 bits per heavy atom. The molecule has 0 aliphatic heterocycles. The molecule has 1 atom stereocenters. The van der Waals surface area contributed by atoms with Crippen LogP contribution in [0.3, 0.4) is 0 Å². The highest BCUT2D eigenvalue weighted by Crippen LogP contribution is 2.23. The monoisotopic (exact) mass is 416 g/mol. The van der Waals surface area contributed by atoms with Crippen molar-refractivity contribution >= 4 is 21.6 Å². The molecule has 1 unspecified atom stereocenters. The number of carbonyl (C=O) groups is 1. The van der Waals surface area contributed by atoms with Crippen molar-refractivity contribution < 1.29 is 13.2 Å². The fourth-order valence-electron chi connectivity index (χ4n) is 3.61. The summed E-state index contributed by atoms with van der Waals surface area (Å²) in [6, 6.07) is 13.7. The van der Waals surface area contributed by atoms with Gasteiger partial charge in [0.2, 0.25) is 15.9 Å². The minimum Gasteiger partial charge on any atom is -0.349 e. The third-order valence-electron chi connectivity index (χ3n) is 4.97. The van der Waals surface area contributed by atoms with Crippen molar-refractivity contribution in [1.29, 1.82) is 0 Å². The van der Waals surface area contributed by atoms with Crippen LogP contribution in [0, 0.1) is 20.8 Å². The molecule has 0 radical (unpaired) electrons. The van der Waals surface area contributed by atoms with Gasteiger partial charge >= 0.3 is 0 Å². The smallest absolute Gasteiger partial charge is 0.232 e. The second-order valence-electron chi connectivity index (χ2n) is 7.67. The Bertz CT molecular complexity index is 934. The molecule has 29 heavy (non-hydrogen) atoms. The highest BCUT2D eigenvalue weighted by Gasteiger charge is 2.19. The molecule has 0 saturated heterocycles. The van der Waals surface area contributed by atoms with E-state index in [0.717, 1.165) is 28.7 Å². The van der Waals surface area contributed by atoms with Crippen LogP contribution >= 0.6 is 0 Å². The van der Waals surface area contributed by atoms with Crippen molar-refractivity contribution in [2.75, 3.05) is 17.1 Å². The average molecular weight is 417 g/mol. The summed E-state index contributed by atoms with van der Waals surface area (Å²) >= 11 is 0. The minimum atomic E-state index is -3.42. The van der Waals surface area contributed by atoms with E-state index >= 15 is 0 Å². The van der Waals surface area contributed by atoms with E-state index in [1.165, 1.54) is 10.6 Å². The SMILES string of the molecule is CCC(NC(=O)CCCN(c1cc(C)cc(C)c1)S(C)(=O)=O)c1ccccc1C. The van der Waals surface area contributed by atoms with Crippen molar-refractivity contribution in [3.8, 4) is 0 Å². The Balaban J connectivity index is 2.02. The molecule has 2 aromatic rings. The van der Waals surface area contributed by atoms with E-state index in [2.05, 4.69) is 5.32 Å². The van der Waals surface area contributed by atoms with Gasteiger partial charge in [0.25, 0.3) is 0 Å². The zero-order valence-electron chi connectivity index (χ0n) is 18.0. The van der Waals surface area contributed by atoms with Gasteiger partial charge < -0.3 is 5.32 Å². The van der Waals surface area contributed by atoms with Crippen LogP contribution in [0.2, 0.25) is 0 Å². The minimum absolute atomic E-state index is 0.0332. The second kappa shape index (κ2) is 9.92. The lowest BCUT2D eigenvalue weighted by molar-refractivity contribution is -0.121. The van der Waals surface area contributed by atoms with Gasteiger partial charge in [-0.15, -0.1) is 0 Å². The Morgan fingerprint density at radius 3 is 2.24 bits per heavy atom. The van der Waals surface area contributed by atoms with Crippen LogP contribution in [-0.2, 0) is 14.8 Å². The van der Waals surface area contributed by atoms with Crippen LogP contribution in [0.4, 0.5) is 5.69 Å². The lowest BCUT2D eigenvalue weighted by atomic mass is 9.99. The summed E-state index contributed by atoms with van der Waals surface area (Å²) in [5.74, 6) is -0.0611. The Kier molecular flexibility index (Phi) is 7.85. The molecule has 6 heteroatoms. The molecule has 0 bridgehead atoms. The zero-order valence-corrected chi connectivity index (χ0v) is 18.8. The van der Waals surface area contributed by atoms with E-state index in [-0.39, 0.29) is 24.9 Å². The number of benzene rings is 2. The number of aryl methyl sites for hydroxylation is 3. The Labute approximate surface area is 175 Å². The van der Waals surface area contributed by atoms with Gasteiger partial charge in [-0.25, -0.2) is 8.42 Å². The number of rotatable bonds is 9. The Morgan fingerprint density at radius 1 is 1.07 bits per heavy atom. The number of nitrogens with one attached hydrogen (secondary N) is 1. The zero-order chi connectivity index (χ0) is 21.6. The maximum Gasteiger partial charge on any atom is 0.232 e. The van der Waals surface area contributed by atoms with Gasteiger partial charge in [0, 0.05) is 13.0 Å².